The van der Waals surface area contributed by atoms with Gasteiger partial charge < -0.3 is 4.74 Å². The third-order valence-electron chi connectivity index (χ3n) is 4.25. The highest BCUT2D eigenvalue weighted by Gasteiger charge is 2.14. The maximum atomic E-state index is 12.9. The van der Waals surface area contributed by atoms with Crippen molar-refractivity contribution in [3.63, 3.8) is 0 Å². The number of carbonyl (C=O) groups excluding carboxylic acids is 1. The van der Waals surface area contributed by atoms with Gasteiger partial charge in [-0.2, -0.15) is 0 Å². The Morgan fingerprint density at radius 1 is 1.12 bits per heavy atom. The van der Waals surface area contributed by atoms with E-state index in [0.717, 1.165) is 5.52 Å². The Bertz CT molecular complexity index is 1140. The summed E-state index contributed by atoms with van der Waals surface area (Å²) < 4.78 is 8.38. The van der Waals surface area contributed by atoms with E-state index >= 15 is 0 Å². The molecule has 4 rings (SSSR count). The van der Waals surface area contributed by atoms with E-state index in [1.54, 1.807) is 50.0 Å². The molecule has 0 atom stereocenters. The molecular formula is C19H15N3O3. The molecule has 0 aliphatic carbocycles. The number of ketones is 1. The fraction of sp³-hybridized carbons (Fsp3) is 0.105. The molecule has 0 N–H and O–H groups in total. The minimum Gasteiger partial charge on any atom is -0.497 e. The predicted octanol–water partition coefficient (Wildman–Crippen LogP) is 2.54. The van der Waals surface area contributed by atoms with Crippen molar-refractivity contribution in [2.24, 2.45) is 0 Å². The van der Waals surface area contributed by atoms with Crippen molar-refractivity contribution in [1.82, 2.24) is 14.0 Å². The molecule has 0 amide bonds. The molecule has 0 fully saturated rings. The maximum Gasteiger partial charge on any atom is 0.262 e. The minimum atomic E-state index is -0.203. The highest BCUT2D eigenvalue weighted by atomic mass is 16.5. The Hall–Kier alpha value is -3.41. The average Bonchev–Trinajstić information content (AvgIpc) is 3.15. The van der Waals surface area contributed by atoms with Gasteiger partial charge in [-0.25, -0.2) is 4.98 Å². The van der Waals surface area contributed by atoms with Gasteiger partial charge in [-0.15, -0.1) is 0 Å². The van der Waals surface area contributed by atoms with Crippen LogP contribution in [-0.2, 0) is 6.54 Å². The third kappa shape index (κ3) is 2.48. The average molecular weight is 333 g/mol. The second-order valence-corrected chi connectivity index (χ2v) is 5.68. The van der Waals surface area contributed by atoms with Gasteiger partial charge in [-0.1, -0.05) is 12.1 Å². The van der Waals surface area contributed by atoms with E-state index in [-0.39, 0.29) is 17.9 Å². The number of Topliss-reactive ketones (excluding diaryl/α,β-unsaturated/α-hetero) is 1. The van der Waals surface area contributed by atoms with Crippen LogP contribution in [0, 0.1) is 0 Å². The highest BCUT2D eigenvalue weighted by Crippen LogP contribution is 2.15. The number of aromatic nitrogens is 3. The number of nitrogens with zero attached hydrogens (tertiary/aromatic N) is 3. The van der Waals surface area contributed by atoms with Gasteiger partial charge in [0.25, 0.3) is 5.56 Å². The number of ether oxygens (including phenoxy) is 1. The van der Waals surface area contributed by atoms with Crippen LogP contribution in [0.3, 0.4) is 0 Å². The van der Waals surface area contributed by atoms with Crippen molar-refractivity contribution in [2.45, 2.75) is 6.54 Å². The number of methoxy groups -OCH3 is 1. The smallest absolute Gasteiger partial charge is 0.262 e. The number of para-hydroxylation sites is 1. The lowest BCUT2D eigenvalue weighted by Gasteiger charge is -2.11. The zero-order valence-electron chi connectivity index (χ0n) is 13.5. The van der Waals surface area contributed by atoms with Gasteiger partial charge in [-0.05, 0) is 36.4 Å². The van der Waals surface area contributed by atoms with E-state index in [1.165, 1.54) is 4.57 Å². The maximum absolute atomic E-state index is 12.9. The standard InChI is InChI=1S/C19H15N3O3/c1-25-14-8-6-13(7-9-14)17(23)11-21-18-10-20-12-22(18)16-5-3-2-4-15(16)19(21)24/h2-10,12H,11H2,1H3. The second kappa shape index (κ2) is 5.90. The monoisotopic (exact) mass is 333 g/mol. The number of benzene rings is 2. The summed E-state index contributed by atoms with van der Waals surface area (Å²) >= 11 is 0. The van der Waals surface area contributed by atoms with Gasteiger partial charge in [0.1, 0.15) is 17.7 Å². The molecule has 4 aromatic rings. The van der Waals surface area contributed by atoms with Crippen molar-refractivity contribution in [3.05, 3.63) is 77.0 Å². The number of carbonyl (C=O) groups is 1. The first-order valence-corrected chi connectivity index (χ1v) is 7.80. The Morgan fingerprint density at radius 3 is 2.64 bits per heavy atom. The van der Waals surface area contributed by atoms with Crippen LogP contribution in [0.1, 0.15) is 10.4 Å². The molecule has 2 aromatic carbocycles. The van der Waals surface area contributed by atoms with Crippen LogP contribution < -0.4 is 10.3 Å². The number of fused-ring (bicyclic) bond motifs is 3. The third-order valence-corrected chi connectivity index (χ3v) is 4.25. The van der Waals surface area contributed by atoms with Crippen molar-refractivity contribution >= 4 is 22.3 Å². The Kier molecular flexibility index (Phi) is 3.57. The van der Waals surface area contributed by atoms with Crippen LogP contribution in [0.4, 0.5) is 0 Å². The van der Waals surface area contributed by atoms with Crippen molar-refractivity contribution in [1.29, 1.82) is 0 Å². The zero-order chi connectivity index (χ0) is 17.4. The van der Waals surface area contributed by atoms with E-state index in [2.05, 4.69) is 4.98 Å². The summed E-state index contributed by atoms with van der Waals surface area (Å²) in [4.78, 5) is 29.6. The Labute approximate surface area is 142 Å². The number of hydrogen-bond donors (Lipinski definition) is 0. The molecule has 0 aliphatic rings. The lowest BCUT2D eigenvalue weighted by atomic mass is 10.1. The molecule has 2 heterocycles. The predicted molar refractivity (Wildman–Crippen MR) is 94.3 cm³/mol. The fourth-order valence-corrected chi connectivity index (χ4v) is 2.95. The molecule has 0 radical (unpaired) electrons. The van der Waals surface area contributed by atoms with Gasteiger partial charge in [0.2, 0.25) is 0 Å². The number of rotatable bonds is 4. The van der Waals surface area contributed by atoms with Crippen LogP contribution >= 0.6 is 0 Å². The van der Waals surface area contributed by atoms with Crippen molar-refractivity contribution in [2.75, 3.05) is 7.11 Å². The minimum absolute atomic E-state index is 0.0504. The lowest BCUT2D eigenvalue weighted by Crippen LogP contribution is -2.26. The fourth-order valence-electron chi connectivity index (χ4n) is 2.95. The summed E-state index contributed by atoms with van der Waals surface area (Å²) in [7, 11) is 1.57. The first-order chi connectivity index (χ1) is 12.2. The number of hydrogen-bond acceptors (Lipinski definition) is 4. The molecule has 25 heavy (non-hydrogen) atoms. The first-order valence-electron chi connectivity index (χ1n) is 7.80. The van der Waals surface area contributed by atoms with Crippen molar-refractivity contribution < 1.29 is 9.53 Å². The van der Waals surface area contributed by atoms with Crippen LogP contribution in [0.5, 0.6) is 5.75 Å². The van der Waals surface area contributed by atoms with Gasteiger partial charge in [-0.3, -0.25) is 18.6 Å². The summed E-state index contributed by atoms with van der Waals surface area (Å²) in [6.45, 7) is -0.0504. The van der Waals surface area contributed by atoms with Crippen molar-refractivity contribution in [3.8, 4) is 5.75 Å². The highest BCUT2D eigenvalue weighted by molar-refractivity contribution is 5.96. The molecule has 0 spiro atoms. The number of imidazole rings is 1. The summed E-state index contributed by atoms with van der Waals surface area (Å²) in [5.41, 5.74) is 1.68. The second-order valence-electron chi connectivity index (χ2n) is 5.68. The molecule has 0 aliphatic heterocycles. The van der Waals surface area contributed by atoms with Gasteiger partial charge in [0, 0.05) is 5.56 Å². The lowest BCUT2D eigenvalue weighted by molar-refractivity contribution is 0.0972. The van der Waals surface area contributed by atoms with Crippen LogP contribution in [0.15, 0.2) is 65.8 Å². The zero-order valence-corrected chi connectivity index (χ0v) is 13.5. The molecule has 0 saturated carbocycles. The van der Waals surface area contributed by atoms with Gasteiger partial charge in [0.05, 0.1) is 30.8 Å². The normalized spacial score (nSPS) is 11.1. The quantitative estimate of drug-likeness (QED) is 0.538. The SMILES string of the molecule is COc1ccc(C(=O)Cn2c(=O)c3ccccc3n3cncc23)cc1. The van der Waals surface area contributed by atoms with Crippen LogP contribution in [0.25, 0.3) is 16.6 Å². The molecule has 124 valence electrons. The molecule has 0 unspecified atom stereocenters. The van der Waals surface area contributed by atoms with Crippen LogP contribution in [0.2, 0.25) is 0 Å². The summed E-state index contributed by atoms with van der Waals surface area (Å²) in [6, 6.07) is 14.1. The molecule has 0 saturated heterocycles. The van der Waals surface area contributed by atoms with E-state index in [4.69, 9.17) is 4.74 Å². The Balaban J connectivity index is 1.82. The van der Waals surface area contributed by atoms with E-state index in [9.17, 15) is 9.59 Å². The summed E-state index contributed by atoms with van der Waals surface area (Å²) in [5, 5.41) is 0.551. The van der Waals surface area contributed by atoms with Gasteiger partial charge in [0.15, 0.2) is 5.78 Å². The summed E-state index contributed by atoms with van der Waals surface area (Å²) in [6.07, 6.45) is 3.24. The molecule has 6 heteroatoms. The van der Waals surface area contributed by atoms with Crippen LogP contribution in [-0.4, -0.2) is 26.8 Å². The topological polar surface area (TPSA) is 65.6 Å². The summed E-state index contributed by atoms with van der Waals surface area (Å²) in [5.74, 6) is 0.528. The molecular weight excluding hydrogens is 318 g/mol. The van der Waals surface area contributed by atoms with E-state index in [1.807, 2.05) is 22.6 Å². The van der Waals surface area contributed by atoms with E-state index in [0.29, 0.717) is 22.3 Å². The largest absolute Gasteiger partial charge is 0.497 e. The van der Waals surface area contributed by atoms with E-state index < -0.39 is 0 Å². The van der Waals surface area contributed by atoms with Gasteiger partial charge >= 0.3 is 0 Å². The molecule has 6 nitrogen and oxygen atoms in total. The Morgan fingerprint density at radius 2 is 1.88 bits per heavy atom. The molecule has 0 bridgehead atoms. The first kappa shape index (κ1) is 15.1. The molecule has 2 aromatic heterocycles.